The van der Waals surface area contributed by atoms with Gasteiger partial charge >= 0.3 is 0 Å². The normalized spacial score (nSPS) is 12.9. The monoisotopic (exact) mass is 884 g/mol. The van der Waals surface area contributed by atoms with Gasteiger partial charge in [0, 0.05) is 11.8 Å². The maximum absolute atomic E-state index is 12.3. The summed E-state index contributed by atoms with van der Waals surface area (Å²) in [6.45, 7) is 0. The molecule has 6 N–H and O–H groups in total. The number of hydrogen-bond acceptors (Lipinski definition) is 6. The molecular weight excluding hydrogens is 841 g/mol. The first-order valence-corrected chi connectivity index (χ1v) is 22.8. The van der Waals surface area contributed by atoms with Gasteiger partial charge in [0.1, 0.15) is 35.2 Å². The topological polar surface area (TPSA) is 121 Å². The van der Waals surface area contributed by atoms with Crippen LogP contribution in [0.2, 0.25) is 0 Å². The van der Waals surface area contributed by atoms with Gasteiger partial charge in [0.25, 0.3) is 0 Å². The number of benzene rings is 12. The fourth-order valence-electron chi connectivity index (χ4n) is 10.9. The van der Waals surface area contributed by atoms with Gasteiger partial charge in [-0.15, -0.1) is 0 Å². The quantitative estimate of drug-likeness (QED) is 0.0462. The lowest BCUT2D eigenvalue weighted by atomic mass is 9.81. The molecule has 0 aliphatic heterocycles. The molecule has 0 saturated carbocycles. The van der Waals surface area contributed by atoms with E-state index in [4.69, 9.17) is 0 Å². The van der Waals surface area contributed by atoms with Crippen LogP contribution >= 0.6 is 0 Å². The molecule has 0 amide bonds. The highest BCUT2D eigenvalue weighted by Gasteiger charge is 2.26. The van der Waals surface area contributed by atoms with Gasteiger partial charge in [0.05, 0.1) is 0 Å². The van der Waals surface area contributed by atoms with Crippen molar-refractivity contribution in [2.75, 3.05) is 0 Å². The van der Waals surface area contributed by atoms with E-state index in [2.05, 4.69) is 60.7 Å². The fourth-order valence-corrected chi connectivity index (χ4v) is 10.9. The minimum absolute atomic E-state index is 0.163. The first-order valence-electron chi connectivity index (χ1n) is 22.8. The van der Waals surface area contributed by atoms with Crippen molar-refractivity contribution in [1.82, 2.24) is 0 Å². The molecule has 0 aliphatic carbocycles. The van der Waals surface area contributed by atoms with E-state index in [1.165, 1.54) is 0 Å². The second-order valence-corrected chi connectivity index (χ2v) is 18.0. The van der Waals surface area contributed by atoms with E-state index in [-0.39, 0.29) is 34.8 Å². The highest BCUT2D eigenvalue weighted by molar-refractivity contribution is 6.40. The zero-order valence-corrected chi connectivity index (χ0v) is 36.6. The van der Waals surface area contributed by atoms with Crippen molar-refractivity contribution in [2.45, 2.75) is 24.0 Å². The van der Waals surface area contributed by atoms with Crippen molar-refractivity contribution < 1.29 is 30.6 Å². The first-order chi connectivity index (χ1) is 33.2. The maximum atomic E-state index is 12.3. The second kappa shape index (κ2) is 16.2. The van der Waals surface area contributed by atoms with Crippen LogP contribution in [0.5, 0.6) is 23.0 Å². The van der Waals surface area contributed by atoms with E-state index in [9.17, 15) is 30.6 Å². The molecule has 0 radical (unpaired) electrons. The molecule has 12 aromatic rings. The van der Waals surface area contributed by atoms with Crippen molar-refractivity contribution in [3.05, 3.63) is 262 Å². The summed E-state index contributed by atoms with van der Waals surface area (Å²) in [5.41, 5.74) is 9.15. The third-order valence-corrected chi connectivity index (χ3v) is 14.1. The minimum atomic E-state index is -0.918. The highest BCUT2D eigenvalue weighted by atomic mass is 16.3. The van der Waals surface area contributed by atoms with Gasteiger partial charge in [0.15, 0.2) is 0 Å². The highest BCUT2D eigenvalue weighted by Crippen LogP contribution is 2.49. The Hall–Kier alpha value is -8.42. The first kappa shape index (κ1) is 41.0. The molecule has 6 nitrogen and oxygen atoms in total. The van der Waals surface area contributed by atoms with Crippen molar-refractivity contribution >= 4 is 53.9 Å². The van der Waals surface area contributed by atoms with Crippen LogP contribution in [-0.4, -0.2) is 30.6 Å². The Balaban J connectivity index is 0.929. The van der Waals surface area contributed by atoms with E-state index in [0.717, 1.165) is 109 Å². The van der Waals surface area contributed by atoms with Crippen LogP contribution in [0.4, 0.5) is 0 Å². The second-order valence-electron chi connectivity index (χ2n) is 18.0. The molecule has 328 valence electrons. The van der Waals surface area contributed by atoms with E-state index < -0.39 is 12.2 Å². The van der Waals surface area contributed by atoms with Crippen LogP contribution in [0, 0.1) is 0 Å². The summed E-state index contributed by atoms with van der Waals surface area (Å²) in [6.07, 6.45) is -1.84. The number of aliphatic hydroxyl groups excluding tert-OH is 2. The number of rotatable bonds is 10. The minimum Gasteiger partial charge on any atom is -0.508 e. The Labute approximate surface area is 391 Å². The summed E-state index contributed by atoms with van der Waals surface area (Å²) in [7, 11) is 0. The van der Waals surface area contributed by atoms with Crippen molar-refractivity contribution in [2.24, 2.45) is 0 Å². The Bertz CT molecular complexity index is 3430. The Morgan fingerprint density at radius 2 is 0.500 bits per heavy atom. The van der Waals surface area contributed by atoms with Crippen molar-refractivity contribution in [3.63, 3.8) is 0 Å². The van der Waals surface area contributed by atoms with Gasteiger partial charge in [-0.2, -0.15) is 0 Å². The molecule has 0 bridgehead atoms. The predicted molar refractivity (Wildman–Crippen MR) is 272 cm³/mol. The van der Waals surface area contributed by atoms with Crippen molar-refractivity contribution in [1.29, 1.82) is 0 Å². The van der Waals surface area contributed by atoms with Gasteiger partial charge in [-0.1, -0.05) is 146 Å². The third-order valence-electron chi connectivity index (χ3n) is 14.1. The molecule has 0 aliphatic rings. The average Bonchev–Trinajstić information content (AvgIpc) is 3.37. The third kappa shape index (κ3) is 6.81. The largest absolute Gasteiger partial charge is 0.508 e. The van der Waals surface area contributed by atoms with E-state index >= 15 is 0 Å². The van der Waals surface area contributed by atoms with Gasteiger partial charge in [-0.3, -0.25) is 0 Å². The Morgan fingerprint density at radius 1 is 0.250 bits per heavy atom. The summed E-state index contributed by atoms with van der Waals surface area (Å²) < 4.78 is 0. The zero-order chi connectivity index (χ0) is 46.2. The summed E-state index contributed by atoms with van der Waals surface area (Å²) in [6, 6.07) is 66.1. The number of fused-ring (bicyclic) bond motifs is 1. The molecule has 0 spiro atoms. The van der Waals surface area contributed by atoms with Crippen LogP contribution in [-0.2, 0) is 0 Å². The molecule has 12 aromatic carbocycles. The summed E-state index contributed by atoms with van der Waals surface area (Å²) in [5.74, 6) is 0.437. The van der Waals surface area contributed by atoms with E-state index in [1.807, 2.05) is 97.1 Å². The smallest absolute Gasteiger partial charge is 0.115 e. The summed E-state index contributed by atoms with van der Waals surface area (Å²) in [4.78, 5) is 0. The number of aromatic hydroxyl groups is 4. The molecule has 2 atom stereocenters. The van der Waals surface area contributed by atoms with Crippen LogP contribution in [0.15, 0.2) is 206 Å². The van der Waals surface area contributed by atoms with Gasteiger partial charge in [0.2, 0.25) is 0 Å². The maximum Gasteiger partial charge on any atom is 0.115 e. The predicted octanol–water partition coefficient (Wildman–Crippen LogP) is 13.7. The molecule has 0 fully saturated rings. The molecule has 0 heterocycles. The van der Waals surface area contributed by atoms with Crippen LogP contribution in [0.25, 0.3) is 53.9 Å². The van der Waals surface area contributed by atoms with Crippen molar-refractivity contribution in [3.8, 4) is 23.0 Å². The Kier molecular flexibility index (Phi) is 9.76. The molecule has 0 saturated heterocycles. The summed E-state index contributed by atoms with van der Waals surface area (Å²) >= 11 is 0. The van der Waals surface area contributed by atoms with Gasteiger partial charge in [-0.05, 0) is 170 Å². The van der Waals surface area contributed by atoms with Crippen LogP contribution < -0.4 is 0 Å². The number of aliphatic hydroxyl groups is 2. The average molecular weight is 885 g/mol. The van der Waals surface area contributed by atoms with Gasteiger partial charge in [-0.25, -0.2) is 0 Å². The number of phenols is 4. The summed E-state index contributed by atoms with van der Waals surface area (Å²) in [5, 5.41) is 75.5. The Morgan fingerprint density at radius 3 is 0.794 bits per heavy atom. The number of hydrogen-bond donors (Lipinski definition) is 6. The number of phenolic OH excluding ortho intramolecular Hbond substituents is 4. The van der Waals surface area contributed by atoms with Crippen LogP contribution in [0.1, 0.15) is 79.7 Å². The molecular formula is C62H44O6. The standard InChI is InChI=1S/C62H44O6/c63-45-25-17-37(18-26-45)55(38-19-27-46(64)28-20-38)35-7-11-41(12-8-35)61(67)53-33-43-15-16-44-34-54(52-6-2-4-50-49-3-1-5-51(53)59(49)57(43)58(44)60(50)52)62(68)42-13-9-36(10-14-42)56(39-21-29-47(65)30-22-39)40-23-31-48(66)32-24-40/h1-34,55-56,61-68H. The molecule has 6 heteroatoms. The van der Waals surface area contributed by atoms with Gasteiger partial charge < -0.3 is 30.6 Å². The molecule has 0 aromatic heterocycles. The SMILES string of the molecule is Oc1ccc(C(c2ccc(O)cc2)c2ccc(C(O)c3cc4ccc5cc(C(O)c6ccc(C(c7ccc(O)cc7)c7ccc(O)cc7)cc6)c6cccc7c8cccc3c8c4c5c67)cc2)cc1. The zero-order valence-electron chi connectivity index (χ0n) is 36.6. The van der Waals surface area contributed by atoms with E-state index in [0.29, 0.717) is 0 Å². The lowest BCUT2D eigenvalue weighted by Crippen LogP contribution is -2.06. The molecule has 68 heavy (non-hydrogen) atoms. The van der Waals surface area contributed by atoms with Crippen LogP contribution in [0.3, 0.4) is 0 Å². The van der Waals surface area contributed by atoms with E-state index in [1.54, 1.807) is 48.5 Å². The fraction of sp³-hybridized carbons (Fsp3) is 0.0645. The lowest BCUT2D eigenvalue weighted by Gasteiger charge is -2.24. The molecule has 2 unspecified atom stereocenters. The molecule has 12 rings (SSSR count). The lowest BCUT2D eigenvalue weighted by molar-refractivity contribution is 0.221.